The first-order valence-corrected chi connectivity index (χ1v) is 7.07. The third-order valence-corrected chi connectivity index (χ3v) is 3.63. The Labute approximate surface area is 107 Å². The van der Waals surface area contributed by atoms with Crippen LogP contribution >= 0.6 is 0 Å². The van der Waals surface area contributed by atoms with Crippen molar-refractivity contribution in [2.75, 3.05) is 39.9 Å². The highest BCUT2D eigenvalue weighted by atomic mass is 16.5. The molecule has 2 atom stereocenters. The van der Waals surface area contributed by atoms with Crippen LogP contribution in [0.5, 0.6) is 0 Å². The molecular formula is C14H30N2O. The third kappa shape index (κ3) is 5.84. The maximum atomic E-state index is 5.24. The van der Waals surface area contributed by atoms with Gasteiger partial charge < -0.3 is 15.0 Å². The monoisotopic (exact) mass is 242 g/mol. The summed E-state index contributed by atoms with van der Waals surface area (Å²) in [6, 6.07) is 0.705. The van der Waals surface area contributed by atoms with Gasteiger partial charge in [-0.05, 0) is 51.2 Å². The number of ether oxygens (including phenoxy) is 1. The topological polar surface area (TPSA) is 24.5 Å². The molecule has 102 valence electrons. The average molecular weight is 242 g/mol. The second-order valence-corrected chi connectivity index (χ2v) is 5.84. The summed E-state index contributed by atoms with van der Waals surface area (Å²) in [5, 5.41) is 3.52. The lowest BCUT2D eigenvalue weighted by molar-refractivity contribution is 0.147. The standard InChI is InChI=1S/C14H30N2O/c1-12(2)9-15-7-5-13(3)16-8-6-14(10-16)11-17-4/h12-15H,5-11H2,1-4H3. The summed E-state index contributed by atoms with van der Waals surface area (Å²) in [4.78, 5) is 2.61. The molecule has 0 aromatic carbocycles. The Morgan fingerprint density at radius 2 is 2.12 bits per heavy atom. The lowest BCUT2D eigenvalue weighted by atomic mass is 10.1. The van der Waals surface area contributed by atoms with E-state index in [1.807, 2.05) is 7.11 Å². The molecular weight excluding hydrogens is 212 g/mol. The molecule has 1 N–H and O–H groups in total. The van der Waals surface area contributed by atoms with Gasteiger partial charge in [-0.15, -0.1) is 0 Å². The van der Waals surface area contributed by atoms with Crippen molar-refractivity contribution < 1.29 is 4.74 Å². The van der Waals surface area contributed by atoms with Crippen molar-refractivity contribution in [3.05, 3.63) is 0 Å². The van der Waals surface area contributed by atoms with Gasteiger partial charge in [0.05, 0.1) is 6.61 Å². The Bertz CT molecular complexity index is 197. The van der Waals surface area contributed by atoms with Crippen molar-refractivity contribution in [2.45, 2.75) is 39.7 Å². The van der Waals surface area contributed by atoms with Crippen LogP contribution < -0.4 is 5.32 Å². The van der Waals surface area contributed by atoms with E-state index in [9.17, 15) is 0 Å². The molecule has 2 unspecified atom stereocenters. The van der Waals surface area contributed by atoms with Crippen molar-refractivity contribution in [1.82, 2.24) is 10.2 Å². The molecule has 1 saturated heterocycles. The van der Waals surface area contributed by atoms with Gasteiger partial charge in [0.25, 0.3) is 0 Å². The summed E-state index contributed by atoms with van der Waals surface area (Å²) in [6.45, 7) is 12.5. The van der Waals surface area contributed by atoms with E-state index in [1.165, 1.54) is 25.9 Å². The van der Waals surface area contributed by atoms with Crippen LogP contribution in [0, 0.1) is 11.8 Å². The largest absolute Gasteiger partial charge is 0.384 e. The highest BCUT2D eigenvalue weighted by Crippen LogP contribution is 2.19. The maximum Gasteiger partial charge on any atom is 0.0503 e. The number of nitrogens with zero attached hydrogens (tertiary/aromatic N) is 1. The van der Waals surface area contributed by atoms with Gasteiger partial charge in [0.2, 0.25) is 0 Å². The van der Waals surface area contributed by atoms with E-state index in [0.717, 1.165) is 31.5 Å². The summed E-state index contributed by atoms with van der Waals surface area (Å²) < 4.78 is 5.24. The molecule has 3 nitrogen and oxygen atoms in total. The molecule has 0 aromatic heterocycles. The predicted molar refractivity (Wildman–Crippen MR) is 73.3 cm³/mol. The van der Waals surface area contributed by atoms with E-state index in [0.29, 0.717) is 6.04 Å². The summed E-state index contributed by atoms with van der Waals surface area (Å²) in [5.74, 6) is 1.51. The minimum Gasteiger partial charge on any atom is -0.384 e. The van der Waals surface area contributed by atoms with Gasteiger partial charge in [-0.2, -0.15) is 0 Å². The first-order chi connectivity index (χ1) is 8.13. The molecule has 1 heterocycles. The van der Waals surface area contributed by atoms with Gasteiger partial charge >= 0.3 is 0 Å². The molecule has 0 spiro atoms. The van der Waals surface area contributed by atoms with Crippen LogP contribution in [0.2, 0.25) is 0 Å². The third-order valence-electron chi connectivity index (χ3n) is 3.63. The first kappa shape index (κ1) is 14.9. The average Bonchev–Trinajstić information content (AvgIpc) is 2.73. The molecule has 0 saturated carbocycles. The Hall–Kier alpha value is -0.120. The van der Waals surface area contributed by atoms with Gasteiger partial charge in [-0.25, -0.2) is 0 Å². The first-order valence-electron chi connectivity index (χ1n) is 7.07. The molecule has 0 aliphatic carbocycles. The van der Waals surface area contributed by atoms with E-state index in [2.05, 4.69) is 31.0 Å². The fraction of sp³-hybridized carbons (Fsp3) is 1.00. The molecule has 1 aliphatic rings. The van der Waals surface area contributed by atoms with E-state index >= 15 is 0 Å². The van der Waals surface area contributed by atoms with Gasteiger partial charge in [0.1, 0.15) is 0 Å². The Balaban J connectivity index is 2.10. The normalized spacial score (nSPS) is 23.5. The molecule has 17 heavy (non-hydrogen) atoms. The SMILES string of the molecule is COCC1CCN(C(C)CCNCC(C)C)C1. The summed E-state index contributed by atoms with van der Waals surface area (Å²) in [5.41, 5.74) is 0. The Morgan fingerprint density at radius 1 is 1.35 bits per heavy atom. The Morgan fingerprint density at radius 3 is 2.76 bits per heavy atom. The highest BCUT2D eigenvalue weighted by molar-refractivity contribution is 4.79. The molecule has 1 fully saturated rings. The second kappa shape index (κ2) is 8.06. The fourth-order valence-corrected chi connectivity index (χ4v) is 2.52. The lowest BCUT2D eigenvalue weighted by Gasteiger charge is -2.24. The fourth-order valence-electron chi connectivity index (χ4n) is 2.52. The number of rotatable bonds is 8. The van der Waals surface area contributed by atoms with Crippen molar-refractivity contribution in [1.29, 1.82) is 0 Å². The Kier molecular flexibility index (Phi) is 7.09. The van der Waals surface area contributed by atoms with E-state index in [1.54, 1.807) is 0 Å². The van der Waals surface area contributed by atoms with Gasteiger partial charge in [-0.1, -0.05) is 13.8 Å². The smallest absolute Gasteiger partial charge is 0.0503 e. The molecule has 1 rings (SSSR count). The van der Waals surface area contributed by atoms with E-state index in [4.69, 9.17) is 4.74 Å². The number of likely N-dealkylation sites (tertiary alicyclic amines) is 1. The van der Waals surface area contributed by atoms with Crippen LogP contribution in [-0.4, -0.2) is 50.8 Å². The van der Waals surface area contributed by atoms with Gasteiger partial charge in [-0.3, -0.25) is 0 Å². The summed E-state index contributed by atoms with van der Waals surface area (Å²) in [6.07, 6.45) is 2.56. The number of nitrogens with one attached hydrogen (secondary N) is 1. The van der Waals surface area contributed by atoms with Crippen molar-refractivity contribution in [3.8, 4) is 0 Å². The molecule has 0 aromatic rings. The zero-order valence-corrected chi connectivity index (χ0v) is 12.0. The van der Waals surface area contributed by atoms with Crippen LogP contribution in [0.1, 0.15) is 33.6 Å². The molecule has 1 aliphatic heterocycles. The van der Waals surface area contributed by atoms with E-state index in [-0.39, 0.29) is 0 Å². The van der Waals surface area contributed by atoms with Crippen LogP contribution in [0.4, 0.5) is 0 Å². The van der Waals surface area contributed by atoms with Crippen LogP contribution in [-0.2, 0) is 4.74 Å². The zero-order valence-electron chi connectivity index (χ0n) is 12.0. The second-order valence-electron chi connectivity index (χ2n) is 5.84. The van der Waals surface area contributed by atoms with E-state index < -0.39 is 0 Å². The molecule has 0 radical (unpaired) electrons. The minimum atomic E-state index is 0.705. The summed E-state index contributed by atoms with van der Waals surface area (Å²) >= 11 is 0. The zero-order chi connectivity index (χ0) is 12.7. The molecule has 3 heteroatoms. The van der Waals surface area contributed by atoms with Gasteiger partial charge in [0, 0.05) is 19.7 Å². The lowest BCUT2D eigenvalue weighted by Crippen LogP contribution is -2.34. The van der Waals surface area contributed by atoms with Crippen molar-refractivity contribution in [2.24, 2.45) is 11.8 Å². The quantitative estimate of drug-likeness (QED) is 0.659. The van der Waals surface area contributed by atoms with Crippen molar-refractivity contribution in [3.63, 3.8) is 0 Å². The molecule has 0 amide bonds. The number of methoxy groups -OCH3 is 1. The highest BCUT2D eigenvalue weighted by Gasteiger charge is 2.25. The van der Waals surface area contributed by atoms with Crippen LogP contribution in [0.3, 0.4) is 0 Å². The number of hydrogen-bond acceptors (Lipinski definition) is 3. The van der Waals surface area contributed by atoms with Crippen LogP contribution in [0.25, 0.3) is 0 Å². The minimum absolute atomic E-state index is 0.705. The number of hydrogen-bond donors (Lipinski definition) is 1. The predicted octanol–water partition coefficient (Wildman–Crippen LogP) is 1.98. The van der Waals surface area contributed by atoms with Crippen molar-refractivity contribution >= 4 is 0 Å². The summed E-state index contributed by atoms with van der Waals surface area (Å²) in [7, 11) is 1.81. The maximum absolute atomic E-state index is 5.24. The van der Waals surface area contributed by atoms with Gasteiger partial charge in [0.15, 0.2) is 0 Å². The molecule has 0 bridgehead atoms. The van der Waals surface area contributed by atoms with Crippen LogP contribution in [0.15, 0.2) is 0 Å².